The highest BCUT2D eigenvalue weighted by Crippen LogP contribution is 2.10. The molecule has 5 heteroatoms. The number of likely N-dealkylation sites (N-methyl/N-ethyl adjacent to an activating group) is 1. The number of piperazine rings is 1. The highest BCUT2D eigenvalue weighted by atomic mass is 16.2. The van der Waals surface area contributed by atoms with Gasteiger partial charge in [0.1, 0.15) is 0 Å². The number of rotatable bonds is 6. The third kappa shape index (κ3) is 5.36. The summed E-state index contributed by atoms with van der Waals surface area (Å²) < 4.78 is 0. The SMILES string of the molecule is CCCCC(=O)NCc1ccc(C(=O)N2CCN(C)CC2)cc1. The van der Waals surface area contributed by atoms with Crippen LogP contribution < -0.4 is 5.32 Å². The summed E-state index contributed by atoms with van der Waals surface area (Å²) in [5.41, 5.74) is 1.74. The lowest BCUT2D eigenvalue weighted by molar-refractivity contribution is -0.121. The van der Waals surface area contributed by atoms with Gasteiger partial charge in [0.2, 0.25) is 5.91 Å². The van der Waals surface area contributed by atoms with E-state index in [0.717, 1.165) is 50.1 Å². The monoisotopic (exact) mass is 317 g/mol. The predicted octanol–water partition coefficient (Wildman–Crippen LogP) is 1.88. The zero-order valence-electron chi connectivity index (χ0n) is 14.2. The Morgan fingerprint density at radius 2 is 1.74 bits per heavy atom. The quantitative estimate of drug-likeness (QED) is 0.871. The van der Waals surface area contributed by atoms with Crippen LogP contribution in [0, 0.1) is 0 Å². The maximum Gasteiger partial charge on any atom is 0.253 e. The van der Waals surface area contributed by atoms with Crippen molar-refractivity contribution in [2.24, 2.45) is 0 Å². The summed E-state index contributed by atoms with van der Waals surface area (Å²) in [6, 6.07) is 7.55. The van der Waals surface area contributed by atoms with E-state index in [1.54, 1.807) is 0 Å². The Bertz CT molecular complexity index is 520. The molecule has 1 saturated heterocycles. The molecular formula is C18H27N3O2. The van der Waals surface area contributed by atoms with E-state index in [1.165, 1.54) is 0 Å². The number of carbonyl (C=O) groups is 2. The summed E-state index contributed by atoms with van der Waals surface area (Å²) >= 11 is 0. The Hall–Kier alpha value is -1.88. The molecule has 5 nitrogen and oxygen atoms in total. The van der Waals surface area contributed by atoms with E-state index < -0.39 is 0 Å². The second-order valence-corrected chi connectivity index (χ2v) is 6.17. The van der Waals surface area contributed by atoms with Gasteiger partial charge in [0.25, 0.3) is 5.91 Å². The summed E-state index contributed by atoms with van der Waals surface area (Å²) in [6.07, 6.45) is 2.53. The van der Waals surface area contributed by atoms with E-state index in [1.807, 2.05) is 29.2 Å². The first kappa shape index (κ1) is 17.5. The van der Waals surface area contributed by atoms with Crippen molar-refractivity contribution in [2.45, 2.75) is 32.7 Å². The molecule has 0 saturated carbocycles. The van der Waals surface area contributed by atoms with Crippen molar-refractivity contribution in [1.82, 2.24) is 15.1 Å². The number of nitrogens with one attached hydrogen (secondary N) is 1. The fourth-order valence-corrected chi connectivity index (χ4v) is 2.58. The predicted molar refractivity (Wildman–Crippen MR) is 91.2 cm³/mol. The van der Waals surface area contributed by atoms with E-state index in [4.69, 9.17) is 0 Å². The molecule has 2 rings (SSSR count). The molecule has 1 aliphatic rings. The molecular weight excluding hydrogens is 290 g/mol. The van der Waals surface area contributed by atoms with Crippen LogP contribution in [0.5, 0.6) is 0 Å². The van der Waals surface area contributed by atoms with Crippen LogP contribution in [-0.2, 0) is 11.3 Å². The second kappa shape index (κ2) is 8.67. The molecule has 1 fully saturated rings. The van der Waals surface area contributed by atoms with Gasteiger partial charge in [-0.1, -0.05) is 25.5 Å². The van der Waals surface area contributed by atoms with E-state index >= 15 is 0 Å². The molecule has 0 atom stereocenters. The zero-order valence-corrected chi connectivity index (χ0v) is 14.2. The minimum Gasteiger partial charge on any atom is -0.352 e. The Balaban J connectivity index is 1.84. The summed E-state index contributed by atoms with van der Waals surface area (Å²) in [5.74, 6) is 0.182. The molecule has 1 aliphatic heterocycles. The highest BCUT2D eigenvalue weighted by molar-refractivity contribution is 5.94. The Morgan fingerprint density at radius 3 is 2.35 bits per heavy atom. The largest absolute Gasteiger partial charge is 0.352 e. The van der Waals surface area contributed by atoms with Gasteiger partial charge >= 0.3 is 0 Å². The van der Waals surface area contributed by atoms with Gasteiger partial charge < -0.3 is 15.1 Å². The van der Waals surface area contributed by atoms with E-state index in [9.17, 15) is 9.59 Å². The van der Waals surface area contributed by atoms with Gasteiger partial charge in [-0.3, -0.25) is 9.59 Å². The molecule has 0 aliphatic carbocycles. The number of amides is 2. The lowest BCUT2D eigenvalue weighted by Crippen LogP contribution is -2.47. The van der Waals surface area contributed by atoms with Gasteiger partial charge in [-0.15, -0.1) is 0 Å². The van der Waals surface area contributed by atoms with Crippen molar-refractivity contribution in [3.63, 3.8) is 0 Å². The topological polar surface area (TPSA) is 52.7 Å². The first-order valence-electron chi connectivity index (χ1n) is 8.43. The zero-order chi connectivity index (χ0) is 16.7. The Labute approximate surface area is 138 Å². The lowest BCUT2D eigenvalue weighted by Gasteiger charge is -2.32. The number of unbranched alkanes of at least 4 members (excludes halogenated alkanes) is 1. The normalized spacial score (nSPS) is 15.5. The molecule has 0 bridgehead atoms. The van der Waals surface area contributed by atoms with Crippen LogP contribution >= 0.6 is 0 Å². The van der Waals surface area contributed by atoms with E-state index in [0.29, 0.717) is 13.0 Å². The molecule has 23 heavy (non-hydrogen) atoms. The van der Waals surface area contributed by atoms with Crippen molar-refractivity contribution in [2.75, 3.05) is 33.2 Å². The smallest absolute Gasteiger partial charge is 0.253 e. The fourth-order valence-electron chi connectivity index (χ4n) is 2.58. The van der Waals surface area contributed by atoms with Gasteiger partial charge in [-0.2, -0.15) is 0 Å². The summed E-state index contributed by atoms with van der Waals surface area (Å²) in [6.45, 7) is 6.01. The van der Waals surface area contributed by atoms with Crippen LogP contribution in [-0.4, -0.2) is 54.8 Å². The minimum absolute atomic E-state index is 0.0874. The number of hydrogen-bond donors (Lipinski definition) is 1. The van der Waals surface area contributed by atoms with Crippen LogP contribution in [0.4, 0.5) is 0 Å². The third-order valence-corrected chi connectivity index (χ3v) is 4.24. The van der Waals surface area contributed by atoms with Crippen molar-refractivity contribution >= 4 is 11.8 Å². The molecule has 2 amide bonds. The molecule has 1 aromatic rings. The lowest BCUT2D eigenvalue weighted by atomic mass is 10.1. The number of benzene rings is 1. The average molecular weight is 317 g/mol. The maximum atomic E-state index is 12.4. The summed E-state index contributed by atoms with van der Waals surface area (Å²) in [7, 11) is 2.07. The maximum absolute atomic E-state index is 12.4. The fraction of sp³-hybridized carbons (Fsp3) is 0.556. The van der Waals surface area contributed by atoms with Crippen LogP contribution in [0.25, 0.3) is 0 Å². The molecule has 126 valence electrons. The van der Waals surface area contributed by atoms with E-state index in [2.05, 4.69) is 24.2 Å². The first-order chi connectivity index (χ1) is 11.1. The molecule has 1 heterocycles. The average Bonchev–Trinajstić information content (AvgIpc) is 2.58. The summed E-state index contributed by atoms with van der Waals surface area (Å²) in [4.78, 5) is 28.2. The van der Waals surface area contributed by atoms with Gasteiger partial charge in [-0.25, -0.2) is 0 Å². The van der Waals surface area contributed by atoms with Crippen molar-refractivity contribution in [3.8, 4) is 0 Å². The number of hydrogen-bond acceptors (Lipinski definition) is 3. The van der Waals surface area contributed by atoms with Gasteiger partial charge in [0.05, 0.1) is 0 Å². The van der Waals surface area contributed by atoms with Gasteiger partial charge in [0, 0.05) is 44.7 Å². The minimum atomic E-state index is 0.0874. The number of carbonyl (C=O) groups excluding carboxylic acids is 2. The third-order valence-electron chi connectivity index (χ3n) is 4.24. The van der Waals surface area contributed by atoms with Gasteiger partial charge in [-0.05, 0) is 31.2 Å². The molecule has 0 radical (unpaired) electrons. The molecule has 0 spiro atoms. The Morgan fingerprint density at radius 1 is 1.09 bits per heavy atom. The van der Waals surface area contributed by atoms with E-state index in [-0.39, 0.29) is 11.8 Å². The van der Waals surface area contributed by atoms with Crippen molar-refractivity contribution < 1.29 is 9.59 Å². The van der Waals surface area contributed by atoms with Crippen LogP contribution in [0.2, 0.25) is 0 Å². The Kier molecular flexibility index (Phi) is 6.59. The second-order valence-electron chi connectivity index (χ2n) is 6.17. The number of nitrogens with zero attached hydrogens (tertiary/aromatic N) is 2. The van der Waals surface area contributed by atoms with Crippen LogP contribution in [0.3, 0.4) is 0 Å². The van der Waals surface area contributed by atoms with Gasteiger partial charge in [0.15, 0.2) is 0 Å². The standard InChI is InChI=1S/C18H27N3O2/c1-3-4-5-17(22)19-14-15-6-8-16(9-7-15)18(23)21-12-10-20(2)11-13-21/h6-9H,3-5,10-14H2,1-2H3,(H,19,22). The molecule has 1 N–H and O–H groups in total. The highest BCUT2D eigenvalue weighted by Gasteiger charge is 2.20. The molecule has 0 aromatic heterocycles. The first-order valence-corrected chi connectivity index (χ1v) is 8.43. The van der Waals surface area contributed by atoms with Crippen LogP contribution in [0.15, 0.2) is 24.3 Å². The molecule has 0 unspecified atom stereocenters. The summed E-state index contributed by atoms with van der Waals surface area (Å²) in [5, 5.41) is 2.91. The van der Waals surface area contributed by atoms with Crippen molar-refractivity contribution in [1.29, 1.82) is 0 Å². The van der Waals surface area contributed by atoms with Crippen LogP contribution in [0.1, 0.15) is 42.1 Å². The molecule has 1 aromatic carbocycles. The van der Waals surface area contributed by atoms with Crippen molar-refractivity contribution in [3.05, 3.63) is 35.4 Å².